The van der Waals surface area contributed by atoms with E-state index >= 15 is 0 Å². The Morgan fingerprint density at radius 1 is 1.39 bits per heavy atom. The van der Waals surface area contributed by atoms with E-state index < -0.39 is 5.91 Å². The van der Waals surface area contributed by atoms with E-state index in [9.17, 15) is 4.79 Å². The minimum atomic E-state index is -0.543. The van der Waals surface area contributed by atoms with E-state index in [1.807, 2.05) is 13.8 Å². The summed E-state index contributed by atoms with van der Waals surface area (Å²) < 4.78 is 0. The quantitative estimate of drug-likeness (QED) is 0.742. The van der Waals surface area contributed by atoms with Crippen LogP contribution >= 0.6 is 11.6 Å². The maximum atomic E-state index is 11.4. The molecule has 0 heterocycles. The summed E-state index contributed by atoms with van der Waals surface area (Å²) in [6, 6.07) is 5.19. The number of rotatable bonds is 6. The summed E-state index contributed by atoms with van der Waals surface area (Å²) in [5, 5.41) is 3.52. The third-order valence-corrected chi connectivity index (χ3v) is 3.61. The minimum Gasteiger partial charge on any atom is -0.383 e. The zero-order valence-electron chi connectivity index (χ0n) is 10.8. The van der Waals surface area contributed by atoms with Crippen molar-refractivity contribution in [2.24, 2.45) is 11.5 Å². The molecule has 0 fully saturated rings. The van der Waals surface area contributed by atoms with E-state index in [0.29, 0.717) is 22.8 Å². The fourth-order valence-electron chi connectivity index (χ4n) is 1.69. The molecule has 5 heteroatoms. The molecule has 0 unspecified atom stereocenters. The smallest absolute Gasteiger partial charge is 0.252 e. The van der Waals surface area contributed by atoms with Crippen molar-refractivity contribution in [1.82, 2.24) is 0 Å². The van der Waals surface area contributed by atoms with Crippen molar-refractivity contribution in [3.63, 3.8) is 0 Å². The number of hydrogen-bond donors (Lipinski definition) is 3. The van der Waals surface area contributed by atoms with Gasteiger partial charge in [0.15, 0.2) is 0 Å². The number of amides is 1. The summed E-state index contributed by atoms with van der Waals surface area (Å²) in [6.45, 7) is 4.65. The lowest BCUT2D eigenvalue weighted by atomic mass is 9.94. The van der Waals surface area contributed by atoms with Gasteiger partial charge >= 0.3 is 0 Å². The van der Waals surface area contributed by atoms with Crippen LogP contribution in [-0.4, -0.2) is 18.0 Å². The minimum absolute atomic E-state index is 0.294. The number of carbonyl (C=O) groups is 1. The van der Waals surface area contributed by atoms with Crippen LogP contribution in [0.15, 0.2) is 18.2 Å². The normalized spacial score (nSPS) is 11.3. The molecule has 0 aliphatic rings. The Hall–Kier alpha value is -1.26. The summed E-state index contributed by atoms with van der Waals surface area (Å²) in [6.07, 6.45) is 1.70. The van der Waals surface area contributed by atoms with Gasteiger partial charge in [-0.25, -0.2) is 0 Å². The molecule has 1 rings (SSSR count). The first kappa shape index (κ1) is 14.8. The average molecular weight is 270 g/mol. The number of carbonyl (C=O) groups excluding carboxylic acids is 1. The molecular formula is C13H20ClN3O. The standard InChI is InChI=1S/C13H20ClN3O/c1-3-13(16,4-2)8-17-10-7-5-6-9(14)11(10)12(15)18/h5-7,17H,3-4,8,16H2,1-2H3,(H2,15,18). The number of nitrogens with one attached hydrogen (secondary N) is 1. The third-order valence-electron chi connectivity index (χ3n) is 3.30. The maximum absolute atomic E-state index is 11.4. The summed E-state index contributed by atoms with van der Waals surface area (Å²) >= 11 is 5.97. The van der Waals surface area contributed by atoms with Crippen molar-refractivity contribution >= 4 is 23.2 Å². The number of hydrogen-bond acceptors (Lipinski definition) is 3. The number of primary amides is 1. The molecule has 1 aromatic carbocycles. The van der Waals surface area contributed by atoms with Gasteiger partial charge in [-0.2, -0.15) is 0 Å². The fourth-order valence-corrected chi connectivity index (χ4v) is 1.96. The highest BCUT2D eigenvalue weighted by Gasteiger charge is 2.21. The second-order valence-corrected chi connectivity index (χ2v) is 4.86. The Morgan fingerprint density at radius 3 is 2.50 bits per heavy atom. The van der Waals surface area contributed by atoms with Gasteiger partial charge in [-0.05, 0) is 25.0 Å². The molecule has 1 amide bonds. The Balaban J connectivity index is 2.92. The predicted octanol–water partition coefficient (Wildman–Crippen LogP) is 2.37. The lowest BCUT2D eigenvalue weighted by Gasteiger charge is -2.27. The van der Waals surface area contributed by atoms with Crippen LogP contribution in [-0.2, 0) is 0 Å². The summed E-state index contributed by atoms with van der Waals surface area (Å²) in [7, 11) is 0. The van der Waals surface area contributed by atoms with E-state index in [2.05, 4.69) is 5.32 Å². The van der Waals surface area contributed by atoms with Crippen molar-refractivity contribution in [2.45, 2.75) is 32.2 Å². The van der Waals surface area contributed by atoms with Crippen molar-refractivity contribution < 1.29 is 4.79 Å². The monoisotopic (exact) mass is 269 g/mol. The van der Waals surface area contributed by atoms with Gasteiger partial charge < -0.3 is 16.8 Å². The van der Waals surface area contributed by atoms with Gasteiger partial charge in [0.05, 0.1) is 10.6 Å². The van der Waals surface area contributed by atoms with E-state index in [4.69, 9.17) is 23.1 Å². The SMILES string of the molecule is CCC(N)(CC)CNc1cccc(Cl)c1C(N)=O. The Bertz CT molecular complexity index is 430. The second kappa shape index (κ2) is 6.07. The van der Waals surface area contributed by atoms with E-state index in [0.717, 1.165) is 12.8 Å². The first-order valence-corrected chi connectivity index (χ1v) is 6.42. The third kappa shape index (κ3) is 3.37. The molecule has 1 aromatic rings. The number of nitrogens with two attached hydrogens (primary N) is 2. The summed E-state index contributed by atoms with van der Waals surface area (Å²) in [4.78, 5) is 11.4. The van der Waals surface area contributed by atoms with Gasteiger partial charge in [0.2, 0.25) is 0 Å². The average Bonchev–Trinajstić information content (AvgIpc) is 2.35. The molecule has 0 aliphatic heterocycles. The lowest BCUT2D eigenvalue weighted by Crippen LogP contribution is -2.45. The fraction of sp³-hybridized carbons (Fsp3) is 0.462. The van der Waals surface area contributed by atoms with Gasteiger partial charge in [-0.1, -0.05) is 31.5 Å². The van der Waals surface area contributed by atoms with Crippen LogP contribution in [0.5, 0.6) is 0 Å². The zero-order chi connectivity index (χ0) is 13.8. The highest BCUT2D eigenvalue weighted by Crippen LogP contribution is 2.24. The lowest BCUT2D eigenvalue weighted by molar-refractivity contribution is 0.100. The van der Waals surface area contributed by atoms with Crippen molar-refractivity contribution in [1.29, 1.82) is 0 Å². The molecule has 0 bridgehead atoms. The first-order valence-electron chi connectivity index (χ1n) is 6.04. The van der Waals surface area contributed by atoms with E-state index in [1.54, 1.807) is 18.2 Å². The van der Waals surface area contributed by atoms with Crippen molar-refractivity contribution in [2.75, 3.05) is 11.9 Å². The van der Waals surface area contributed by atoms with Crippen molar-refractivity contribution in [3.8, 4) is 0 Å². The number of benzene rings is 1. The molecule has 0 atom stereocenters. The maximum Gasteiger partial charge on any atom is 0.252 e. The highest BCUT2D eigenvalue weighted by molar-refractivity contribution is 6.34. The molecule has 5 N–H and O–H groups in total. The predicted molar refractivity (Wildman–Crippen MR) is 76.0 cm³/mol. The summed E-state index contributed by atoms with van der Waals surface area (Å²) in [5.41, 5.74) is 12.2. The van der Waals surface area contributed by atoms with Gasteiger partial charge in [-0.15, -0.1) is 0 Å². The Kier molecular flexibility index (Phi) is 4.99. The summed E-state index contributed by atoms with van der Waals surface area (Å²) in [5.74, 6) is -0.543. The van der Waals surface area contributed by atoms with E-state index in [1.165, 1.54) is 0 Å². The highest BCUT2D eigenvalue weighted by atomic mass is 35.5. The second-order valence-electron chi connectivity index (χ2n) is 4.45. The molecule has 100 valence electrons. The molecule has 0 saturated carbocycles. The molecule has 0 aliphatic carbocycles. The van der Waals surface area contributed by atoms with Crippen LogP contribution in [0.4, 0.5) is 5.69 Å². The number of anilines is 1. The van der Waals surface area contributed by atoms with Crippen LogP contribution in [0.25, 0.3) is 0 Å². The van der Waals surface area contributed by atoms with Crippen LogP contribution in [0.2, 0.25) is 5.02 Å². The van der Waals surface area contributed by atoms with Crippen LogP contribution < -0.4 is 16.8 Å². The van der Waals surface area contributed by atoms with Crippen molar-refractivity contribution in [3.05, 3.63) is 28.8 Å². The van der Waals surface area contributed by atoms with Crippen LogP contribution in [0.3, 0.4) is 0 Å². The zero-order valence-corrected chi connectivity index (χ0v) is 11.6. The largest absolute Gasteiger partial charge is 0.383 e. The molecule has 0 saturated heterocycles. The first-order chi connectivity index (χ1) is 8.43. The molecule has 0 aromatic heterocycles. The molecule has 18 heavy (non-hydrogen) atoms. The van der Waals surface area contributed by atoms with Gasteiger partial charge in [0.25, 0.3) is 5.91 Å². The molecular weight excluding hydrogens is 250 g/mol. The van der Waals surface area contributed by atoms with Gasteiger partial charge in [-0.3, -0.25) is 4.79 Å². The van der Waals surface area contributed by atoms with Gasteiger partial charge in [0.1, 0.15) is 0 Å². The number of halogens is 1. The Labute approximate surface area is 113 Å². The topological polar surface area (TPSA) is 81.1 Å². The van der Waals surface area contributed by atoms with E-state index in [-0.39, 0.29) is 5.54 Å². The molecule has 4 nitrogen and oxygen atoms in total. The van der Waals surface area contributed by atoms with Crippen LogP contribution in [0, 0.1) is 0 Å². The molecule has 0 radical (unpaired) electrons. The van der Waals surface area contributed by atoms with Crippen LogP contribution in [0.1, 0.15) is 37.0 Å². The Morgan fingerprint density at radius 2 is 2.00 bits per heavy atom. The molecule has 0 spiro atoms. The van der Waals surface area contributed by atoms with Gasteiger partial charge in [0, 0.05) is 17.8 Å².